The first-order chi connectivity index (χ1) is 15.0. The molecule has 31 heavy (non-hydrogen) atoms. The molecule has 1 aliphatic rings. The summed E-state index contributed by atoms with van der Waals surface area (Å²) in [7, 11) is 0. The zero-order valence-electron chi connectivity index (χ0n) is 20.2. The molecule has 0 fully saturated rings. The smallest absolute Gasteiger partial charge is 0.230 e. The zero-order chi connectivity index (χ0) is 22.2. The van der Waals surface area contributed by atoms with Crippen molar-refractivity contribution in [1.82, 2.24) is 0 Å². The Labute approximate surface area is 190 Å². The van der Waals surface area contributed by atoms with Gasteiger partial charge in [0.15, 0.2) is 0 Å². The molecule has 168 valence electrons. The third-order valence-electron chi connectivity index (χ3n) is 6.85. The van der Waals surface area contributed by atoms with Crippen LogP contribution in [0.3, 0.4) is 0 Å². The lowest BCUT2D eigenvalue weighted by Crippen LogP contribution is -2.40. The third kappa shape index (κ3) is 6.21. The quantitative estimate of drug-likeness (QED) is 0.365. The number of anilines is 1. The molecule has 1 amide bonds. The highest BCUT2D eigenvalue weighted by molar-refractivity contribution is 5.97. The van der Waals surface area contributed by atoms with E-state index in [0.717, 1.165) is 37.9 Å². The number of rotatable bonds is 10. The minimum atomic E-state index is 0.0968. The Morgan fingerprint density at radius 3 is 2.19 bits per heavy atom. The molecule has 0 bridgehead atoms. The van der Waals surface area contributed by atoms with Crippen LogP contribution in [0.25, 0.3) is 0 Å². The van der Waals surface area contributed by atoms with E-state index in [1.807, 2.05) is 0 Å². The summed E-state index contributed by atoms with van der Waals surface area (Å²) >= 11 is 0. The summed E-state index contributed by atoms with van der Waals surface area (Å²) in [6.07, 6.45) is 11.8. The molecule has 0 heterocycles. The lowest BCUT2D eigenvalue weighted by atomic mass is 9.83. The van der Waals surface area contributed by atoms with Crippen LogP contribution in [0.15, 0.2) is 36.4 Å². The second kappa shape index (κ2) is 11.5. The van der Waals surface area contributed by atoms with Crippen LogP contribution in [0.1, 0.15) is 86.1 Å². The van der Waals surface area contributed by atoms with E-state index in [4.69, 9.17) is 0 Å². The number of aryl methyl sites for hydroxylation is 4. The first-order valence-electron chi connectivity index (χ1n) is 12.5. The van der Waals surface area contributed by atoms with Crippen molar-refractivity contribution in [2.24, 2.45) is 5.92 Å². The normalized spacial score (nSPS) is 15.5. The largest absolute Gasteiger partial charge is 0.312 e. The maximum absolute atomic E-state index is 13.8. The molecule has 0 aliphatic heterocycles. The second-order valence-corrected chi connectivity index (χ2v) is 9.57. The van der Waals surface area contributed by atoms with E-state index >= 15 is 0 Å². The van der Waals surface area contributed by atoms with Crippen LogP contribution in [0.2, 0.25) is 0 Å². The van der Waals surface area contributed by atoms with Crippen LogP contribution < -0.4 is 4.90 Å². The predicted molar refractivity (Wildman–Crippen MR) is 133 cm³/mol. The molecule has 2 aromatic carbocycles. The second-order valence-electron chi connectivity index (χ2n) is 9.57. The van der Waals surface area contributed by atoms with Gasteiger partial charge in [0, 0.05) is 18.2 Å². The summed E-state index contributed by atoms with van der Waals surface area (Å²) in [5, 5.41) is 0. The van der Waals surface area contributed by atoms with Gasteiger partial charge in [0.05, 0.1) is 0 Å². The van der Waals surface area contributed by atoms with Crippen molar-refractivity contribution in [3.8, 4) is 0 Å². The van der Waals surface area contributed by atoms with E-state index in [-0.39, 0.29) is 5.92 Å². The highest BCUT2D eigenvalue weighted by Crippen LogP contribution is 2.32. The number of hydrogen-bond acceptors (Lipinski definition) is 1. The van der Waals surface area contributed by atoms with Gasteiger partial charge in [-0.3, -0.25) is 4.79 Å². The fourth-order valence-electron chi connectivity index (χ4n) is 5.29. The highest BCUT2D eigenvalue weighted by Gasteiger charge is 2.30. The van der Waals surface area contributed by atoms with Crippen molar-refractivity contribution in [2.75, 3.05) is 11.4 Å². The van der Waals surface area contributed by atoms with Crippen molar-refractivity contribution in [2.45, 2.75) is 91.9 Å². The third-order valence-corrected chi connectivity index (χ3v) is 6.85. The van der Waals surface area contributed by atoms with Crippen molar-refractivity contribution >= 4 is 11.6 Å². The molecule has 1 aliphatic carbocycles. The van der Waals surface area contributed by atoms with Gasteiger partial charge in [0.1, 0.15) is 0 Å². The molecule has 0 saturated carbocycles. The summed E-state index contributed by atoms with van der Waals surface area (Å²) in [6, 6.07) is 13.1. The number of amides is 1. The van der Waals surface area contributed by atoms with Gasteiger partial charge in [-0.2, -0.15) is 0 Å². The molecule has 2 nitrogen and oxygen atoms in total. The maximum Gasteiger partial charge on any atom is 0.230 e. The first-order valence-corrected chi connectivity index (χ1v) is 12.5. The van der Waals surface area contributed by atoms with E-state index in [1.54, 1.807) is 0 Å². The SMILES string of the molecule is CCCCCCCCCN(C(=O)C1CCc2ccccc2C1)c1c(C)cc(C)cc1C. The number of hydrogen-bond donors (Lipinski definition) is 0. The fourth-order valence-corrected chi connectivity index (χ4v) is 5.29. The fraction of sp³-hybridized carbons (Fsp3) is 0.552. The van der Waals surface area contributed by atoms with Gasteiger partial charge in [-0.1, -0.05) is 87.4 Å². The summed E-state index contributed by atoms with van der Waals surface area (Å²) in [5.74, 6) is 0.426. The molecule has 3 rings (SSSR count). The highest BCUT2D eigenvalue weighted by atomic mass is 16.2. The Balaban J connectivity index is 1.74. The van der Waals surface area contributed by atoms with E-state index in [9.17, 15) is 4.79 Å². The van der Waals surface area contributed by atoms with Gasteiger partial charge in [-0.05, 0) is 68.7 Å². The van der Waals surface area contributed by atoms with E-state index in [2.05, 4.69) is 69.0 Å². The zero-order valence-corrected chi connectivity index (χ0v) is 20.2. The Bertz CT molecular complexity index is 846. The molecule has 2 aromatic rings. The van der Waals surface area contributed by atoms with E-state index in [0.29, 0.717) is 5.91 Å². The molecular formula is C29H41NO. The topological polar surface area (TPSA) is 20.3 Å². The standard InChI is InChI=1S/C29H41NO/c1-5-6-7-8-9-10-13-18-30(28-23(3)19-22(2)20-24(28)4)29(31)27-17-16-25-14-11-12-15-26(25)21-27/h11-12,14-15,19-20,27H,5-10,13,16-18,21H2,1-4H3. The predicted octanol–water partition coefficient (Wildman–Crippen LogP) is 7.50. The van der Waals surface area contributed by atoms with Gasteiger partial charge in [-0.15, -0.1) is 0 Å². The monoisotopic (exact) mass is 419 g/mol. The Hall–Kier alpha value is -2.09. The molecule has 0 N–H and O–H groups in total. The van der Waals surface area contributed by atoms with Gasteiger partial charge in [0.25, 0.3) is 0 Å². The average molecular weight is 420 g/mol. The van der Waals surface area contributed by atoms with E-state index < -0.39 is 0 Å². The van der Waals surface area contributed by atoms with Crippen LogP contribution in [-0.2, 0) is 17.6 Å². The van der Waals surface area contributed by atoms with Crippen LogP contribution >= 0.6 is 0 Å². The minimum Gasteiger partial charge on any atom is -0.312 e. The maximum atomic E-state index is 13.8. The van der Waals surface area contributed by atoms with Crippen LogP contribution in [0.4, 0.5) is 5.69 Å². The van der Waals surface area contributed by atoms with Gasteiger partial charge in [-0.25, -0.2) is 0 Å². The van der Waals surface area contributed by atoms with Crippen molar-refractivity contribution < 1.29 is 4.79 Å². The van der Waals surface area contributed by atoms with Crippen molar-refractivity contribution in [3.63, 3.8) is 0 Å². The molecule has 1 atom stereocenters. The Morgan fingerprint density at radius 2 is 1.52 bits per heavy atom. The van der Waals surface area contributed by atoms with E-state index in [1.165, 1.54) is 66.3 Å². The number of carbonyl (C=O) groups excluding carboxylic acids is 1. The van der Waals surface area contributed by atoms with Crippen LogP contribution in [0.5, 0.6) is 0 Å². The van der Waals surface area contributed by atoms with Crippen LogP contribution in [0, 0.1) is 26.7 Å². The molecule has 2 heteroatoms. The lowest BCUT2D eigenvalue weighted by Gasteiger charge is -2.32. The van der Waals surface area contributed by atoms with Crippen molar-refractivity contribution in [3.05, 3.63) is 64.2 Å². The molecule has 0 aromatic heterocycles. The number of carbonyl (C=O) groups is 1. The average Bonchev–Trinajstić information content (AvgIpc) is 2.75. The summed E-state index contributed by atoms with van der Waals surface area (Å²) < 4.78 is 0. The minimum absolute atomic E-state index is 0.0968. The number of fused-ring (bicyclic) bond motifs is 1. The summed E-state index contributed by atoms with van der Waals surface area (Å²) in [5.41, 5.74) is 7.66. The first kappa shape index (κ1) is 23.6. The molecule has 1 unspecified atom stereocenters. The lowest BCUT2D eigenvalue weighted by molar-refractivity contribution is -0.122. The molecular weight excluding hydrogens is 378 g/mol. The van der Waals surface area contributed by atoms with Crippen LogP contribution in [-0.4, -0.2) is 12.5 Å². The number of nitrogens with zero attached hydrogens (tertiary/aromatic N) is 1. The summed E-state index contributed by atoms with van der Waals surface area (Å²) in [6.45, 7) is 9.58. The Morgan fingerprint density at radius 1 is 0.903 bits per heavy atom. The Kier molecular flexibility index (Phi) is 8.75. The van der Waals surface area contributed by atoms with Crippen molar-refractivity contribution in [1.29, 1.82) is 0 Å². The number of benzene rings is 2. The number of unbranched alkanes of at least 4 members (excludes halogenated alkanes) is 6. The van der Waals surface area contributed by atoms with Gasteiger partial charge < -0.3 is 4.90 Å². The van der Waals surface area contributed by atoms with Gasteiger partial charge in [0.2, 0.25) is 5.91 Å². The molecule has 0 radical (unpaired) electrons. The molecule has 0 saturated heterocycles. The van der Waals surface area contributed by atoms with Gasteiger partial charge >= 0.3 is 0 Å². The summed E-state index contributed by atoms with van der Waals surface area (Å²) in [4.78, 5) is 16.0. The molecule has 0 spiro atoms.